The smallest absolute Gasteiger partial charge is 0.0739 e. The highest BCUT2D eigenvalue weighted by Gasteiger charge is 1.92. The molecule has 0 aliphatic rings. The maximum Gasteiger partial charge on any atom is 0.0739 e. The number of benzene rings is 1. The summed E-state index contributed by atoms with van der Waals surface area (Å²) in [4.78, 5) is 3.20. The Morgan fingerprint density at radius 2 is 1.92 bits per heavy atom. The zero-order chi connectivity index (χ0) is 9.68. The van der Waals surface area contributed by atoms with Crippen LogP contribution in [0.3, 0.4) is 0 Å². The van der Waals surface area contributed by atoms with Crippen molar-refractivity contribution in [2.75, 3.05) is 14.1 Å². The van der Waals surface area contributed by atoms with E-state index in [1.165, 1.54) is 4.90 Å². The zero-order valence-electron chi connectivity index (χ0n) is 7.77. The van der Waals surface area contributed by atoms with Crippen molar-refractivity contribution in [3.8, 4) is 0 Å². The molecule has 1 rings (SSSR count). The minimum Gasteiger partial charge on any atom is -0.372 e. The van der Waals surface area contributed by atoms with E-state index < -0.39 is 0 Å². The first-order chi connectivity index (χ1) is 6.20. The standard InChI is InChI=1S/C10H13NS2/c1-11(2)10(12)8-13-9-6-4-3-5-7-9/h3-8,12H,1-2H3/b10-8+. The van der Waals surface area contributed by atoms with Gasteiger partial charge in [0, 0.05) is 24.4 Å². The lowest BCUT2D eigenvalue weighted by Gasteiger charge is -2.10. The fourth-order valence-corrected chi connectivity index (χ4v) is 1.65. The van der Waals surface area contributed by atoms with Crippen LogP contribution in [0.1, 0.15) is 0 Å². The molecule has 0 heterocycles. The molecule has 0 saturated carbocycles. The normalized spacial score (nSPS) is 11.5. The van der Waals surface area contributed by atoms with Crippen LogP contribution in [0.15, 0.2) is 45.7 Å². The lowest BCUT2D eigenvalue weighted by Crippen LogP contribution is -2.05. The van der Waals surface area contributed by atoms with Crippen molar-refractivity contribution in [2.45, 2.75) is 4.90 Å². The first-order valence-corrected chi connectivity index (χ1v) is 5.31. The van der Waals surface area contributed by atoms with E-state index in [1.54, 1.807) is 11.8 Å². The second-order valence-corrected chi connectivity index (χ2v) is 4.20. The largest absolute Gasteiger partial charge is 0.372 e. The fraction of sp³-hybridized carbons (Fsp3) is 0.200. The van der Waals surface area contributed by atoms with Gasteiger partial charge in [-0.2, -0.15) is 0 Å². The zero-order valence-corrected chi connectivity index (χ0v) is 9.48. The Labute approximate surface area is 89.2 Å². The molecule has 0 atom stereocenters. The van der Waals surface area contributed by atoms with Gasteiger partial charge in [0.15, 0.2) is 0 Å². The van der Waals surface area contributed by atoms with Crippen LogP contribution in [-0.2, 0) is 0 Å². The summed E-state index contributed by atoms with van der Waals surface area (Å²) in [6, 6.07) is 10.2. The molecule has 0 amide bonds. The second-order valence-electron chi connectivity index (χ2n) is 2.80. The summed E-state index contributed by atoms with van der Waals surface area (Å²) in [6.07, 6.45) is 0. The van der Waals surface area contributed by atoms with Gasteiger partial charge in [-0.3, -0.25) is 0 Å². The highest BCUT2D eigenvalue weighted by molar-refractivity contribution is 8.02. The molecule has 0 bridgehead atoms. The number of thioether (sulfide) groups is 1. The maximum atomic E-state index is 4.32. The molecule has 0 unspecified atom stereocenters. The molecule has 0 spiro atoms. The first kappa shape index (κ1) is 10.5. The van der Waals surface area contributed by atoms with Crippen molar-refractivity contribution in [1.29, 1.82) is 0 Å². The molecular formula is C10H13NS2. The van der Waals surface area contributed by atoms with E-state index >= 15 is 0 Å². The van der Waals surface area contributed by atoms with Gasteiger partial charge in [-0.1, -0.05) is 30.0 Å². The van der Waals surface area contributed by atoms with E-state index in [4.69, 9.17) is 0 Å². The summed E-state index contributed by atoms with van der Waals surface area (Å²) in [5, 5.41) is 2.99. The predicted molar refractivity (Wildman–Crippen MR) is 63.1 cm³/mol. The molecule has 0 N–H and O–H groups in total. The second kappa shape index (κ2) is 5.25. The Morgan fingerprint density at radius 3 is 2.46 bits per heavy atom. The molecule has 1 aromatic rings. The highest BCUT2D eigenvalue weighted by atomic mass is 32.2. The van der Waals surface area contributed by atoms with E-state index in [1.807, 2.05) is 42.6 Å². The fourth-order valence-electron chi connectivity index (χ4n) is 0.725. The van der Waals surface area contributed by atoms with Crippen molar-refractivity contribution in [2.24, 2.45) is 0 Å². The van der Waals surface area contributed by atoms with Crippen LogP contribution in [0.4, 0.5) is 0 Å². The summed E-state index contributed by atoms with van der Waals surface area (Å²) >= 11 is 6.00. The quantitative estimate of drug-likeness (QED) is 0.604. The van der Waals surface area contributed by atoms with Gasteiger partial charge in [-0.05, 0) is 12.1 Å². The molecule has 0 aliphatic carbocycles. The van der Waals surface area contributed by atoms with Gasteiger partial charge >= 0.3 is 0 Å². The molecular weight excluding hydrogens is 198 g/mol. The van der Waals surface area contributed by atoms with E-state index in [-0.39, 0.29) is 0 Å². The summed E-state index contributed by atoms with van der Waals surface area (Å²) < 4.78 is 0. The Kier molecular flexibility index (Phi) is 4.25. The lowest BCUT2D eigenvalue weighted by molar-refractivity contribution is 0.552. The van der Waals surface area contributed by atoms with Gasteiger partial charge < -0.3 is 4.90 Å². The van der Waals surface area contributed by atoms with Crippen molar-refractivity contribution in [1.82, 2.24) is 4.90 Å². The molecule has 3 heteroatoms. The average molecular weight is 211 g/mol. The molecule has 70 valence electrons. The van der Waals surface area contributed by atoms with Gasteiger partial charge in [0.25, 0.3) is 0 Å². The minimum absolute atomic E-state index is 0.967. The molecule has 0 radical (unpaired) electrons. The van der Waals surface area contributed by atoms with Crippen molar-refractivity contribution < 1.29 is 0 Å². The van der Waals surface area contributed by atoms with Crippen LogP contribution in [-0.4, -0.2) is 19.0 Å². The van der Waals surface area contributed by atoms with Gasteiger partial charge in [-0.15, -0.1) is 12.6 Å². The predicted octanol–water partition coefficient (Wildman–Crippen LogP) is 3.07. The van der Waals surface area contributed by atoms with Gasteiger partial charge in [0.1, 0.15) is 0 Å². The first-order valence-electron chi connectivity index (χ1n) is 3.98. The summed E-state index contributed by atoms with van der Waals surface area (Å²) in [5.41, 5.74) is 0. The van der Waals surface area contributed by atoms with Crippen LogP contribution < -0.4 is 0 Å². The van der Waals surface area contributed by atoms with Crippen molar-refractivity contribution in [3.63, 3.8) is 0 Å². The molecule has 0 aliphatic heterocycles. The van der Waals surface area contributed by atoms with E-state index in [9.17, 15) is 0 Å². The topological polar surface area (TPSA) is 3.24 Å². The van der Waals surface area contributed by atoms with Crippen molar-refractivity contribution in [3.05, 3.63) is 40.8 Å². The summed E-state index contributed by atoms with van der Waals surface area (Å²) in [6.45, 7) is 0. The maximum absolute atomic E-state index is 4.32. The Bertz CT molecular complexity index is 280. The van der Waals surface area contributed by atoms with Gasteiger partial charge in [0.05, 0.1) is 5.03 Å². The lowest BCUT2D eigenvalue weighted by atomic mass is 10.4. The van der Waals surface area contributed by atoms with E-state index in [0.717, 1.165) is 5.03 Å². The number of rotatable bonds is 3. The monoisotopic (exact) mass is 211 g/mol. The molecule has 1 nitrogen and oxygen atoms in total. The summed E-state index contributed by atoms with van der Waals surface area (Å²) in [5.74, 6) is 0. The third kappa shape index (κ3) is 3.79. The molecule has 13 heavy (non-hydrogen) atoms. The third-order valence-electron chi connectivity index (χ3n) is 1.50. The molecule has 0 saturated heterocycles. The van der Waals surface area contributed by atoms with Gasteiger partial charge in [-0.25, -0.2) is 0 Å². The number of hydrogen-bond donors (Lipinski definition) is 1. The molecule has 0 fully saturated rings. The minimum atomic E-state index is 0.967. The van der Waals surface area contributed by atoms with E-state index in [0.29, 0.717) is 0 Å². The third-order valence-corrected chi connectivity index (χ3v) is 3.09. The Balaban J connectivity index is 2.57. The van der Waals surface area contributed by atoms with E-state index in [2.05, 4.69) is 24.8 Å². The van der Waals surface area contributed by atoms with Crippen LogP contribution in [0.2, 0.25) is 0 Å². The number of hydrogen-bond acceptors (Lipinski definition) is 3. The van der Waals surface area contributed by atoms with Gasteiger partial charge in [0.2, 0.25) is 0 Å². The van der Waals surface area contributed by atoms with Crippen LogP contribution in [0.25, 0.3) is 0 Å². The van der Waals surface area contributed by atoms with Crippen LogP contribution >= 0.6 is 24.4 Å². The molecule has 0 aromatic heterocycles. The Hall–Kier alpha value is -0.540. The highest BCUT2D eigenvalue weighted by Crippen LogP contribution is 2.21. The van der Waals surface area contributed by atoms with Crippen LogP contribution in [0, 0.1) is 0 Å². The molecule has 1 aromatic carbocycles. The number of nitrogens with zero attached hydrogens (tertiary/aromatic N) is 1. The number of thiol groups is 1. The average Bonchev–Trinajstić information content (AvgIpc) is 2.15. The Morgan fingerprint density at radius 1 is 1.31 bits per heavy atom. The van der Waals surface area contributed by atoms with Crippen molar-refractivity contribution >= 4 is 24.4 Å². The SMILES string of the molecule is CN(C)/C(S)=C\Sc1ccccc1. The summed E-state index contributed by atoms with van der Waals surface area (Å²) in [7, 11) is 3.95. The van der Waals surface area contributed by atoms with Crippen LogP contribution in [0.5, 0.6) is 0 Å².